The van der Waals surface area contributed by atoms with Gasteiger partial charge in [-0.2, -0.15) is 26.3 Å². The molecule has 0 atom stereocenters. The molecule has 0 saturated carbocycles. The first-order valence-electron chi connectivity index (χ1n) is 8.81. The third-order valence-corrected chi connectivity index (χ3v) is 5.02. The molecule has 0 radical (unpaired) electrons. The van der Waals surface area contributed by atoms with Crippen LogP contribution in [0.4, 0.5) is 39.5 Å². The van der Waals surface area contributed by atoms with Crippen molar-refractivity contribution in [2.24, 2.45) is 0 Å². The molecule has 0 spiro atoms. The lowest BCUT2D eigenvalue weighted by atomic mass is 10.2. The van der Waals surface area contributed by atoms with E-state index < -0.39 is 70.6 Å². The molecule has 0 aliphatic carbocycles. The molecular weight excluding hydrogens is 513 g/mol. The van der Waals surface area contributed by atoms with Crippen molar-refractivity contribution in [2.45, 2.75) is 30.2 Å². The number of alkyl halides is 9. The van der Waals surface area contributed by atoms with E-state index in [0.717, 1.165) is 24.3 Å². The van der Waals surface area contributed by atoms with Gasteiger partial charge in [-0.1, -0.05) is 12.1 Å². The normalized spacial score (nSPS) is 13.0. The summed E-state index contributed by atoms with van der Waals surface area (Å²) in [6.07, 6.45) is -14.7. The number of benzene rings is 2. The molecule has 190 valence electrons. The molecule has 16 heteroatoms. The van der Waals surface area contributed by atoms with E-state index in [1.165, 1.54) is 6.07 Å². The second-order valence-electron chi connectivity index (χ2n) is 6.44. The summed E-state index contributed by atoms with van der Waals surface area (Å²) in [5.41, 5.74) is -0.0347. The molecule has 0 fully saturated rings. The number of hydrogen-bond donors (Lipinski definition) is 1. The van der Waals surface area contributed by atoms with Crippen molar-refractivity contribution in [1.29, 1.82) is 0 Å². The van der Waals surface area contributed by atoms with E-state index in [0.29, 0.717) is 12.1 Å². The molecule has 0 aliphatic heterocycles. The van der Waals surface area contributed by atoms with Crippen molar-refractivity contribution in [2.75, 3.05) is 13.2 Å². The van der Waals surface area contributed by atoms with Gasteiger partial charge in [0.1, 0.15) is 22.1 Å². The topological polar surface area (TPSA) is 73.9 Å². The minimum absolute atomic E-state index is 0.0347. The standard InChI is InChI=1S/C18H14F9NO5S/c19-16(20,21)9-31-12-4-5-14(32-10-17(22,23)24)15(7-12)34(29,30)28-8-11-2-1-3-13(6-11)33-18(25,26)27/h1-7,28H,8-10H2. The summed E-state index contributed by atoms with van der Waals surface area (Å²) in [5.74, 6) is -2.16. The van der Waals surface area contributed by atoms with Gasteiger partial charge in [0.05, 0.1) is 0 Å². The highest BCUT2D eigenvalue weighted by Crippen LogP contribution is 2.31. The van der Waals surface area contributed by atoms with Gasteiger partial charge in [0.25, 0.3) is 0 Å². The first kappa shape index (κ1) is 27.4. The van der Waals surface area contributed by atoms with E-state index in [4.69, 9.17) is 0 Å². The Balaban J connectivity index is 2.28. The van der Waals surface area contributed by atoms with Crippen LogP contribution < -0.4 is 18.9 Å². The summed E-state index contributed by atoms with van der Waals surface area (Å²) in [6, 6.07) is 6.08. The first-order valence-corrected chi connectivity index (χ1v) is 10.3. The van der Waals surface area contributed by atoms with Crippen LogP contribution >= 0.6 is 0 Å². The molecule has 6 nitrogen and oxygen atoms in total. The fraction of sp³-hybridized carbons (Fsp3) is 0.333. The van der Waals surface area contributed by atoms with E-state index in [9.17, 15) is 47.9 Å². The van der Waals surface area contributed by atoms with Gasteiger partial charge in [-0.15, -0.1) is 13.2 Å². The predicted octanol–water partition coefficient (Wildman–Crippen LogP) is 4.95. The average Bonchev–Trinajstić information content (AvgIpc) is 2.67. The fourth-order valence-corrected chi connectivity index (χ4v) is 3.52. The Kier molecular flexibility index (Phi) is 8.18. The van der Waals surface area contributed by atoms with Crippen LogP contribution in [-0.4, -0.2) is 40.3 Å². The van der Waals surface area contributed by atoms with Crippen LogP contribution in [0.2, 0.25) is 0 Å². The molecule has 2 aromatic carbocycles. The highest BCUT2D eigenvalue weighted by Gasteiger charge is 2.32. The van der Waals surface area contributed by atoms with E-state index in [1.807, 2.05) is 4.72 Å². The maximum absolute atomic E-state index is 12.7. The maximum Gasteiger partial charge on any atom is 0.573 e. The second kappa shape index (κ2) is 10.2. The lowest BCUT2D eigenvalue weighted by molar-refractivity contribution is -0.274. The molecule has 2 rings (SSSR count). The number of ether oxygens (including phenoxy) is 3. The fourth-order valence-electron chi connectivity index (χ4n) is 2.34. The number of halogens is 9. The van der Waals surface area contributed by atoms with Crippen LogP contribution in [0, 0.1) is 0 Å². The Morgan fingerprint density at radius 2 is 1.38 bits per heavy atom. The predicted molar refractivity (Wildman–Crippen MR) is 96.7 cm³/mol. The minimum atomic E-state index is -5.01. The lowest BCUT2D eigenvalue weighted by Crippen LogP contribution is -2.26. The van der Waals surface area contributed by atoms with Gasteiger partial charge in [0, 0.05) is 12.6 Å². The van der Waals surface area contributed by atoms with Gasteiger partial charge in [0.15, 0.2) is 13.2 Å². The van der Waals surface area contributed by atoms with Crippen molar-refractivity contribution in [3.8, 4) is 17.2 Å². The van der Waals surface area contributed by atoms with E-state index in [1.54, 1.807) is 0 Å². The maximum atomic E-state index is 12.7. The van der Waals surface area contributed by atoms with Crippen molar-refractivity contribution in [1.82, 2.24) is 4.72 Å². The highest BCUT2D eigenvalue weighted by atomic mass is 32.2. The van der Waals surface area contributed by atoms with Crippen LogP contribution in [-0.2, 0) is 16.6 Å². The van der Waals surface area contributed by atoms with Gasteiger partial charge in [-0.05, 0) is 29.8 Å². The number of nitrogens with one attached hydrogen (secondary N) is 1. The van der Waals surface area contributed by atoms with Gasteiger partial charge < -0.3 is 14.2 Å². The molecule has 1 N–H and O–H groups in total. The van der Waals surface area contributed by atoms with Gasteiger partial charge in [-0.25, -0.2) is 13.1 Å². The molecule has 0 saturated heterocycles. The van der Waals surface area contributed by atoms with E-state index in [-0.39, 0.29) is 5.56 Å². The van der Waals surface area contributed by atoms with Gasteiger partial charge in [-0.3, -0.25) is 0 Å². The molecule has 0 bridgehead atoms. The first-order chi connectivity index (χ1) is 15.4. The van der Waals surface area contributed by atoms with E-state index >= 15 is 0 Å². The Morgan fingerprint density at radius 1 is 0.765 bits per heavy atom. The van der Waals surface area contributed by atoms with Crippen LogP contribution in [0.15, 0.2) is 47.4 Å². The summed E-state index contributed by atoms with van der Waals surface area (Å²) in [7, 11) is -4.75. The smallest absolute Gasteiger partial charge is 0.484 e. The Morgan fingerprint density at radius 3 is 1.97 bits per heavy atom. The molecule has 0 aliphatic rings. The van der Waals surface area contributed by atoms with Crippen LogP contribution in [0.3, 0.4) is 0 Å². The number of hydrogen-bond acceptors (Lipinski definition) is 5. The van der Waals surface area contributed by atoms with Crippen molar-refractivity contribution in [3.63, 3.8) is 0 Å². The molecular formula is C18H14F9NO5S. The Labute approximate surface area is 186 Å². The average molecular weight is 527 g/mol. The molecule has 34 heavy (non-hydrogen) atoms. The van der Waals surface area contributed by atoms with Gasteiger partial charge >= 0.3 is 18.7 Å². The molecule has 2 aromatic rings. The van der Waals surface area contributed by atoms with Crippen molar-refractivity contribution < 1.29 is 62.1 Å². The minimum Gasteiger partial charge on any atom is -0.484 e. The summed E-state index contributed by atoms with van der Waals surface area (Å²) in [5, 5.41) is 0. The van der Waals surface area contributed by atoms with Crippen LogP contribution in [0.5, 0.6) is 17.2 Å². The third kappa shape index (κ3) is 9.54. The molecule has 0 aromatic heterocycles. The monoisotopic (exact) mass is 527 g/mol. The van der Waals surface area contributed by atoms with Crippen LogP contribution in [0.1, 0.15) is 5.56 Å². The molecule has 0 unspecified atom stereocenters. The van der Waals surface area contributed by atoms with Crippen molar-refractivity contribution in [3.05, 3.63) is 48.0 Å². The zero-order chi connectivity index (χ0) is 25.8. The number of rotatable bonds is 9. The second-order valence-corrected chi connectivity index (χ2v) is 8.17. The quantitative estimate of drug-likeness (QED) is 0.468. The summed E-state index contributed by atoms with van der Waals surface area (Å²) in [4.78, 5) is -0.987. The largest absolute Gasteiger partial charge is 0.573 e. The SMILES string of the molecule is O=S(=O)(NCc1cccc(OC(F)(F)F)c1)c1cc(OCC(F)(F)F)ccc1OCC(F)(F)F. The van der Waals surface area contributed by atoms with Gasteiger partial charge in [0.2, 0.25) is 10.0 Å². The summed E-state index contributed by atoms with van der Waals surface area (Å²) >= 11 is 0. The highest BCUT2D eigenvalue weighted by molar-refractivity contribution is 7.89. The number of sulfonamides is 1. The lowest BCUT2D eigenvalue weighted by Gasteiger charge is -2.16. The van der Waals surface area contributed by atoms with E-state index in [2.05, 4.69) is 14.2 Å². The van der Waals surface area contributed by atoms with Crippen LogP contribution in [0.25, 0.3) is 0 Å². The zero-order valence-corrected chi connectivity index (χ0v) is 17.3. The Hall–Kier alpha value is -2.88. The molecule has 0 heterocycles. The Bertz CT molecular complexity index is 1080. The summed E-state index contributed by atoms with van der Waals surface area (Å²) in [6.45, 7) is -4.37. The van der Waals surface area contributed by atoms with Crippen molar-refractivity contribution >= 4 is 10.0 Å². The molecule has 0 amide bonds. The third-order valence-electron chi connectivity index (χ3n) is 3.60. The zero-order valence-electron chi connectivity index (χ0n) is 16.5. The summed E-state index contributed by atoms with van der Waals surface area (Å²) < 4.78 is 151.